The number of aromatic nitrogens is 2. The molecule has 5 fully saturated rings. The van der Waals surface area contributed by atoms with Crippen molar-refractivity contribution in [2.75, 3.05) is 11.9 Å². The lowest BCUT2D eigenvalue weighted by atomic mass is 9.71. The van der Waals surface area contributed by atoms with Crippen LogP contribution in [0.2, 0.25) is 0 Å². The van der Waals surface area contributed by atoms with Crippen molar-refractivity contribution in [2.45, 2.75) is 87.9 Å². The van der Waals surface area contributed by atoms with Gasteiger partial charge in [-0.15, -0.1) is 0 Å². The number of alkyl halides is 2. The van der Waals surface area contributed by atoms with Gasteiger partial charge in [-0.25, -0.2) is 8.78 Å². The number of amides is 3. The van der Waals surface area contributed by atoms with Crippen LogP contribution < -0.4 is 16.0 Å². The molecule has 206 valence electrons. The van der Waals surface area contributed by atoms with Gasteiger partial charge in [0.25, 0.3) is 5.92 Å². The minimum Gasteiger partial charge on any atom is -0.371 e. The van der Waals surface area contributed by atoms with Crippen LogP contribution in [0, 0.1) is 29.1 Å². The van der Waals surface area contributed by atoms with Crippen LogP contribution in [0.1, 0.15) is 57.8 Å². The summed E-state index contributed by atoms with van der Waals surface area (Å²) in [6.45, 7) is 0.575. The number of hydrogen-bond donors (Lipinski definition) is 3. The summed E-state index contributed by atoms with van der Waals surface area (Å²) in [5, 5.41) is 22.5. The molecule has 0 radical (unpaired) electrons. The SMILES string of the molecule is Cn1cc(N[C@@H](CC2CC2)C(=O)N2[C@H]3CC[C@@H]([C@@H]2C(=O)N[C@@H](C#N)C[C@H]2CCCNC2=O)C(F)(F)C3)cn1. The number of rotatable bonds is 9. The Hall–Kier alpha value is -3.23. The van der Waals surface area contributed by atoms with Crippen LogP contribution in [-0.4, -0.2) is 69.0 Å². The summed E-state index contributed by atoms with van der Waals surface area (Å²) >= 11 is 0. The minimum atomic E-state index is -3.09. The third-order valence-electron chi connectivity index (χ3n) is 8.46. The normalized spacial score (nSPS) is 29.6. The second-order valence-corrected chi connectivity index (χ2v) is 11.3. The number of piperidine rings is 3. The maximum absolute atomic E-state index is 15.1. The molecular weight excluding hydrogens is 496 g/mol. The number of fused-ring (bicyclic) bond motifs is 3. The van der Waals surface area contributed by atoms with Crippen molar-refractivity contribution < 1.29 is 23.2 Å². The second kappa shape index (κ2) is 10.5. The number of nitrogens with one attached hydrogen (secondary N) is 3. The van der Waals surface area contributed by atoms with Crippen molar-refractivity contribution in [3.63, 3.8) is 0 Å². The van der Waals surface area contributed by atoms with Crippen LogP contribution in [0.3, 0.4) is 0 Å². The Kier molecular flexibility index (Phi) is 7.29. The largest absolute Gasteiger partial charge is 0.371 e. The van der Waals surface area contributed by atoms with E-state index in [0.29, 0.717) is 37.4 Å². The lowest BCUT2D eigenvalue weighted by Crippen LogP contribution is -2.70. The zero-order chi connectivity index (χ0) is 27.0. The first-order valence-corrected chi connectivity index (χ1v) is 13.6. The molecule has 12 heteroatoms. The number of halogens is 2. The van der Waals surface area contributed by atoms with E-state index in [-0.39, 0.29) is 24.7 Å². The monoisotopic (exact) mass is 531 g/mol. The van der Waals surface area contributed by atoms with Crippen LogP contribution in [0.15, 0.2) is 12.4 Å². The topological polar surface area (TPSA) is 132 Å². The molecule has 2 bridgehead atoms. The first kappa shape index (κ1) is 26.4. The molecule has 0 aromatic carbocycles. The lowest BCUT2D eigenvalue weighted by molar-refractivity contribution is -0.194. The van der Waals surface area contributed by atoms with Gasteiger partial charge in [0.05, 0.1) is 23.9 Å². The fourth-order valence-corrected chi connectivity index (χ4v) is 6.36. The molecule has 6 atom stereocenters. The van der Waals surface area contributed by atoms with Gasteiger partial charge in [0, 0.05) is 38.2 Å². The van der Waals surface area contributed by atoms with Crippen LogP contribution in [0.25, 0.3) is 0 Å². The standard InChI is InChI=1S/C26H35F2N7O3/c1-34-14-18(13-31-34)32-21(9-15-4-5-15)25(38)35-19-6-7-20(26(27,28)11-19)22(35)24(37)33-17(12-29)10-16-3-2-8-30-23(16)36/h13-17,19-22,32H,2-11H2,1H3,(H,30,36)(H,33,37)/t16-,17-,19+,20+,21+,22-/m1/s1. The van der Waals surface area contributed by atoms with Gasteiger partial charge in [-0.05, 0) is 44.4 Å². The predicted octanol–water partition coefficient (Wildman–Crippen LogP) is 1.94. The lowest BCUT2D eigenvalue weighted by Gasteiger charge is -2.54. The van der Waals surface area contributed by atoms with Gasteiger partial charge < -0.3 is 20.9 Å². The number of hydrogen-bond acceptors (Lipinski definition) is 6. The van der Waals surface area contributed by atoms with Gasteiger partial charge in [-0.1, -0.05) is 12.8 Å². The van der Waals surface area contributed by atoms with E-state index in [4.69, 9.17) is 0 Å². The summed E-state index contributed by atoms with van der Waals surface area (Å²) in [6, 6.07) is -1.81. The highest BCUT2D eigenvalue weighted by atomic mass is 19.3. The Balaban J connectivity index is 1.37. The zero-order valence-electron chi connectivity index (χ0n) is 21.5. The zero-order valence-corrected chi connectivity index (χ0v) is 21.5. The van der Waals surface area contributed by atoms with Crippen molar-refractivity contribution in [1.29, 1.82) is 5.26 Å². The molecule has 3 N–H and O–H groups in total. The summed E-state index contributed by atoms with van der Waals surface area (Å²) in [4.78, 5) is 41.1. The summed E-state index contributed by atoms with van der Waals surface area (Å²) in [5.74, 6) is -5.76. The maximum atomic E-state index is 15.1. The highest BCUT2D eigenvalue weighted by molar-refractivity contribution is 5.92. The Bertz CT molecular complexity index is 1110. The van der Waals surface area contributed by atoms with E-state index in [9.17, 15) is 19.6 Å². The molecule has 3 aliphatic heterocycles. The second-order valence-electron chi connectivity index (χ2n) is 11.3. The number of aryl methyl sites for hydroxylation is 1. The number of carbonyl (C=O) groups is 3. The van der Waals surface area contributed by atoms with Gasteiger partial charge in [0.2, 0.25) is 17.7 Å². The van der Waals surface area contributed by atoms with Crippen LogP contribution in [0.5, 0.6) is 0 Å². The van der Waals surface area contributed by atoms with Crippen LogP contribution in [0.4, 0.5) is 14.5 Å². The molecule has 2 aliphatic carbocycles. The van der Waals surface area contributed by atoms with Gasteiger partial charge in [0.15, 0.2) is 0 Å². The molecular formula is C26H35F2N7O3. The highest BCUT2D eigenvalue weighted by Gasteiger charge is 2.61. The highest BCUT2D eigenvalue weighted by Crippen LogP contribution is 2.49. The van der Waals surface area contributed by atoms with Crippen LogP contribution in [-0.2, 0) is 21.4 Å². The molecule has 5 aliphatic rings. The summed E-state index contributed by atoms with van der Waals surface area (Å²) in [5.41, 5.74) is 0.648. The van der Waals surface area contributed by atoms with E-state index in [1.54, 1.807) is 24.1 Å². The Labute approximate surface area is 220 Å². The van der Waals surface area contributed by atoms with Gasteiger partial charge >= 0.3 is 0 Å². The first-order chi connectivity index (χ1) is 18.2. The molecule has 1 aromatic heterocycles. The van der Waals surface area contributed by atoms with Crippen molar-refractivity contribution in [1.82, 2.24) is 25.3 Å². The molecule has 3 saturated heterocycles. The average molecular weight is 532 g/mol. The maximum Gasteiger partial charge on any atom is 0.255 e. The van der Waals surface area contributed by atoms with Crippen LogP contribution >= 0.6 is 0 Å². The molecule has 4 heterocycles. The van der Waals surface area contributed by atoms with E-state index in [0.717, 1.165) is 19.3 Å². The molecule has 0 unspecified atom stereocenters. The Morgan fingerprint density at radius 1 is 1.26 bits per heavy atom. The molecule has 0 spiro atoms. The summed E-state index contributed by atoms with van der Waals surface area (Å²) in [7, 11) is 1.76. The van der Waals surface area contributed by atoms with E-state index >= 15 is 8.78 Å². The number of anilines is 1. The predicted molar refractivity (Wildman–Crippen MR) is 133 cm³/mol. The summed E-state index contributed by atoms with van der Waals surface area (Å²) in [6.07, 6.45) is 7.44. The molecule has 3 amide bonds. The fraction of sp³-hybridized carbons (Fsp3) is 0.731. The van der Waals surface area contributed by atoms with Gasteiger partial charge in [-0.3, -0.25) is 19.1 Å². The minimum absolute atomic E-state index is 0.103. The van der Waals surface area contributed by atoms with E-state index in [2.05, 4.69) is 21.0 Å². The molecule has 38 heavy (non-hydrogen) atoms. The van der Waals surface area contributed by atoms with Crippen molar-refractivity contribution in [2.24, 2.45) is 24.8 Å². The molecule has 6 rings (SSSR count). The number of nitrogens with zero attached hydrogens (tertiary/aromatic N) is 4. The van der Waals surface area contributed by atoms with Gasteiger partial charge in [-0.2, -0.15) is 10.4 Å². The van der Waals surface area contributed by atoms with Crippen molar-refractivity contribution >= 4 is 23.4 Å². The number of nitriles is 1. The molecule has 10 nitrogen and oxygen atoms in total. The third kappa shape index (κ3) is 5.47. The summed E-state index contributed by atoms with van der Waals surface area (Å²) < 4.78 is 31.8. The quantitative estimate of drug-likeness (QED) is 0.446. The average Bonchev–Trinajstić information content (AvgIpc) is 3.61. The van der Waals surface area contributed by atoms with E-state index in [1.165, 1.54) is 4.90 Å². The fourth-order valence-electron chi connectivity index (χ4n) is 6.36. The Morgan fingerprint density at radius 3 is 2.68 bits per heavy atom. The van der Waals surface area contributed by atoms with Crippen molar-refractivity contribution in [3.05, 3.63) is 12.4 Å². The smallest absolute Gasteiger partial charge is 0.255 e. The van der Waals surface area contributed by atoms with E-state index < -0.39 is 54.3 Å². The first-order valence-electron chi connectivity index (χ1n) is 13.6. The number of carbonyl (C=O) groups excluding carboxylic acids is 3. The Morgan fingerprint density at radius 2 is 2.05 bits per heavy atom. The molecule has 1 aromatic rings. The van der Waals surface area contributed by atoms with E-state index in [1.807, 2.05) is 6.07 Å². The molecule has 2 saturated carbocycles. The van der Waals surface area contributed by atoms with Crippen molar-refractivity contribution in [3.8, 4) is 6.07 Å². The third-order valence-corrected chi connectivity index (χ3v) is 8.46. The van der Waals surface area contributed by atoms with Gasteiger partial charge in [0.1, 0.15) is 18.1 Å².